The van der Waals surface area contributed by atoms with Crippen molar-refractivity contribution < 1.29 is 14.3 Å². The third-order valence-electron chi connectivity index (χ3n) is 3.82. The summed E-state index contributed by atoms with van der Waals surface area (Å²) >= 11 is 0. The molecule has 0 heterocycles. The standard InChI is InChI=1S/C18H29NO3/c1-5-7-13-18(3,21-4)17(20)19-15-9-11-16(12-10-15)22-14-8-6-2/h9-12H,5-8,13-14H2,1-4H3,(H,19,20). The summed E-state index contributed by atoms with van der Waals surface area (Å²) in [5.41, 5.74) is -0.0284. The van der Waals surface area contributed by atoms with Crippen LogP contribution in [0.2, 0.25) is 0 Å². The normalized spacial score (nSPS) is 13.5. The Kier molecular flexibility index (Phi) is 7.96. The number of carbonyl (C=O) groups excluding carboxylic acids is 1. The first-order valence-electron chi connectivity index (χ1n) is 8.15. The molecule has 1 aromatic carbocycles. The lowest BCUT2D eigenvalue weighted by molar-refractivity contribution is -0.136. The largest absolute Gasteiger partial charge is 0.494 e. The number of carbonyl (C=O) groups is 1. The second kappa shape index (κ2) is 9.46. The molecule has 4 heteroatoms. The first kappa shape index (κ1) is 18.5. The summed E-state index contributed by atoms with van der Waals surface area (Å²) in [7, 11) is 1.58. The Morgan fingerprint density at radius 2 is 1.77 bits per heavy atom. The highest BCUT2D eigenvalue weighted by atomic mass is 16.5. The molecule has 1 amide bonds. The quantitative estimate of drug-likeness (QED) is 0.652. The lowest BCUT2D eigenvalue weighted by Crippen LogP contribution is -2.41. The van der Waals surface area contributed by atoms with E-state index in [9.17, 15) is 4.79 Å². The molecule has 22 heavy (non-hydrogen) atoms. The molecule has 0 spiro atoms. The average Bonchev–Trinajstić information content (AvgIpc) is 2.54. The molecule has 1 unspecified atom stereocenters. The molecular weight excluding hydrogens is 278 g/mol. The maximum atomic E-state index is 12.4. The maximum Gasteiger partial charge on any atom is 0.256 e. The van der Waals surface area contributed by atoms with Crippen molar-refractivity contribution in [2.45, 2.75) is 58.5 Å². The molecule has 4 nitrogen and oxygen atoms in total. The number of amides is 1. The van der Waals surface area contributed by atoms with Gasteiger partial charge in [-0.3, -0.25) is 4.79 Å². The highest BCUT2D eigenvalue weighted by Gasteiger charge is 2.32. The number of methoxy groups -OCH3 is 1. The first-order valence-corrected chi connectivity index (χ1v) is 8.15. The highest BCUT2D eigenvalue weighted by Crippen LogP contribution is 2.22. The van der Waals surface area contributed by atoms with Gasteiger partial charge in [-0.2, -0.15) is 0 Å². The summed E-state index contributed by atoms with van der Waals surface area (Å²) in [4.78, 5) is 12.4. The Labute approximate surface area is 134 Å². The van der Waals surface area contributed by atoms with Crippen molar-refractivity contribution in [3.8, 4) is 5.75 Å². The van der Waals surface area contributed by atoms with Crippen LogP contribution in [0.4, 0.5) is 5.69 Å². The van der Waals surface area contributed by atoms with Crippen LogP contribution in [-0.4, -0.2) is 25.2 Å². The zero-order chi connectivity index (χ0) is 16.4. The molecule has 0 aliphatic rings. The Morgan fingerprint density at radius 3 is 2.32 bits per heavy atom. The number of hydrogen-bond donors (Lipinski definition) is 1. The molecule has 0 aromatic heterocycles. The van der Waals surface area contributed by atoms with Gasteiger partial charge < -0.3 is 14.8 Å². The number of unbranched alkanes of at least 4 members (excludes halogenated alkanes) is 2. The van der Waals surface area contributed by atoms with Gasteiger partial charge >= 0.3 is 0 Å². The van der Waals surface area contributed by atoms with Crippen molar-refractivity contribution in [3.63, 3.8) is 0 Å². The molecule has 0 aliphatic carbocycles. The van der Waals surface area contributed by atoms with Gasteiger partial charge in [-0.05, 0) is 44.0 Å². The van der Waals surface area contributed by atoms with Gasteiger partial charge in [-0.1, -0.05) is 33.1 Å². The fourth-order valence-corrected chi connectivity index (χ4v) is 2.05. The van der Waals surface area contributed by atoms with Gasteiger partial charge in [0.1, 0.15) is 11.4 Å². The molecule has 0 fully saturated rings. The SMILES string of the molecule is CCCCOc1ccc(NC(=O)C(C)(CCCC)OC)cc1. The summed E-state index contributed by atoms with van der Waals surface area (Å²) in [5.74, 6) is 0.718. The van der Waals surface area contributed by atoms with Crippen LogP contribution in [0.1, 0.15) is 52.9 Å². The summed E-state index contributed by atoms with van der Waals surface area (Å²) in [6.45, 7) is 6.79. The molecule has 1 aromatic rings. The summed E-state index contributed by atoms with van der Waals surface area (Å²) in [5, 5.41) is 2.92. The smallest absolute Gasteiger partial charge is 0.256 e. The van der Waals surface area contributed by atoms with Crippen LogP contribution in [-0.2, 0) is 9.53 Å². The predicted octanol–water partition coefficient (Wildman–Crippen LogP) is 4.40. The van der Waals surface area contributed by atoms with Crippen molar-refractivity contribution in [2.75, 3.05) is 19.0 Å². The molecule has 0 aliphatic heterocycles. The molecule has 1 rings (SSSR count). The van der Waals surface area contributed by atoms with Crippen LogP contribution in [0.5, 0.6) is 5.75 Å². The van der Waals surface area contributed by atoms with Gasteiger partial charge in [0.05, 0.1) is 6.61 Å². The number of benzene rings is 1. The molecule has 0 saturated carbocycles. The Balaban J connectivity index is 2.59. The predicted molar refractivity (Wildman–Crippen MR) is 90.4 cm³/mol. The fourth-order valence-electron chi connectivity index (χ4n) is 2.05. The highest BCUT2D eigenvalue weighted by molar-refractivity contribution is 5.97. The Morgan fingerprint density at radius 1 is 1.14 bits per heavy atom. The van der Waals surface area contributed by atoms with Crippen LogP contribution >= 0.6 is 0 Å². The van der Waals surface area contributed by atoms with Gasteiger partial charge in [-0.15, -0.1) is 0 Å². The van der Waals surface area contributed by atoms with Gasteiger partial charge in [0.25, 0.3) is 5.91 Å². The fraction of sp³-hybridized carbons (Fsp3) is 0.611. The van der Waals surface area contributed by atoms with Gasteiger partial charge in [0.2, 0.25) is 0 Å². The third kappa shape index (κ3) is 5.68. The van der Waals surface area contributed by atoms with Gasteiger partial charge in [0.15, 0.2) is 0 Å². The van der Waals surface area contributed by atoms with E-state index in [0.29, 0.717) is 6.42 Å². The van der Waals surface area contributed by atoms with E-state index in [1.807, 2.05) is 31.2 Å². The molecule has 1 atom stereocenters. The molecule has 1 N–H and O–H groups in total. The molecule has 0 bridgehead atoms. The Hall–Kier alpha value is -1.55. The maximum absolute atomic E-state index is 12.4. The topological polar surface area (TPSA) is 47.6 Å². The summed E-state index contributed by atoms with van der Waals surface area (Å²) in [6, 6.07) is 7.47. The van der Waals surface area contributed by atoms with Crippen LogP contribution in [0.3, 0.4) is 0 Å². The summed E-state index contributed by atoms with van der Waals surface area (Å²) < 4.78 is 11.0. The molecular formula is C18H29NO3. The number of ether oxygens (including phenoxy) is 2. The van der Waals surface area contributed by atoms with Crippen LogP contribution in [0.15, 0.2) is 24.3 Å². The van der Waals surface area contributed by atoms with E-state index >= 15 is 0 Å². The summed E-state index contributed by atoms with van der Waals surface area (Å²) in [6.07, 6.45) is 4.87. The minimum absolute atomic E-state index is 0.108. The van der Waals surface area contributed by atoms with E-state index in [1.165, 1.54) is 0 Å². The lowest BCUT2D eigenvalue weighted by Gasteiger charge is -2.26. The second-order valence-electron chi connectivity index (χ2n) is 5.72. The number of anilines is 1. The van der Waals surface area contributed by atoms with Crippen LogP contribution in [0, 0.1) is 0 Å². The third-order valence-corrected chi connectivity index (χ3v) is 3.82. The zero-order valence-electron chi connectivity index (χ0n) is 14.3. The average molecular weight is 307 g/mol. The van der Waals surface area contributed by atoms with Crippen molar-refractivity contribution in [1.29, 1.82) is 0 Å². The van der Waals surface area contributed by atoms with E-state index in [2.05, 4.69) is 19.2 Å². The second-order valence-corrected chi connectivity index (χ2v) is 5.72. The minimum atomic E-state index is -0.785. The zero-order valence-corrected chi connectivity index (χ0v) is 14.3. The monoisotopic (exact) mass is 307 g/mol. The van der Waals surface area contributed by atoms with E-state index in [0.717, 1.165) is 43.7 Å². The van der Waals surface area contributed by atoms with E-state index in [-0.39, 0.29) is 5.91 Å². The van der Waals surface area contributed by atoms with E-state index in [1.54, 1.807) is 7.11 Å². The van der Waals surface area contributed by atoms with Crippen molar-refractivity contribution >= 4 is 11.6 Å². The number of nitrogens with one attached hydrogen (secondary N) is 1. The van der Waals surface area contributed by atoms with Crippen molar-refractivity contribution in [3.05, 3.63) is 24.3 Å². The number of hydrogen-bond acceptors (Lipinski definition) is 3. The minimum Gasteiger partial charge on any atom is -0.494 e. The van der Waals surface area contributed by atoms with Gasteiger partial charge in [0, 0.05) is 12.8 Å². The van der Waals surface area contributed by atoms with Gasteiger partial charge in [-0.25, -0.2) is 0 Å². The van der Waals surface area contributed by atoms with E-state index < -0.39 is 5.60 Å². The van der Waals surface area contributed by atoms with E-state index in [4.69, 9.17) is 9.47 Å². The lowest BCUT2D eigenvalue weighted by atomic mass is 9.97. The number of rotatable bonds is 10. The van der Waals surface area contributed by atoms with Crippen molar-refractivity contribution in [1.82, 2.24) is 0 Å². The Bertz CT molecular complexity index is 444. The first-order chi connectivity index (χ1) is 10.6. The van der Waals surface area contributed by atoms with Crippen LogP contribution in [0.25, 0.3) is 0 Å². The van der Waals surface area contributed by atoms with Crippen molar-refractivity contribution in [2.24, 2.45) is 0 Å². The molecule has 0 radical (unpaired) electrons. The van der Waals surface area contributed by atoms with Crippen LogP contribution < -0.4 is 10.1 Å². The molecule has 0 saturated heterocycles. The molecule has 124 valence electrons.